The van der Waals surface area contributed by atoms with Gasteiger partial charge in [-0.2, -0.15) is 0 Å². The van der Waals surface area contributed by atoms with Crippen LogP contribution in [0.5, 0.6) is 17.2 Å². The van der Waals surface area contributed by atoms with E-state index in [0.717, 1.165) is 0 Å². The van der Waals surface area contributed by atoms with E-state index in [1.54, 1.807) is 30.3 Å². The van der Waals surface area contributed by atoms with Gasteiger partial charge in [-0.15, -0.1) is 0 Å². The van der Waals surface area contributed by atoms with Crippen molar-refractivity contribution in [3.63, 3.8) is 0 Å². The number of carbonyl (C=O) groups excluding carboxylic acids is 1. The number of hydrogen-bond donors (Lipinski definition) is 5. The molecule has 1 unspecified atom stereocenters. The van der Waals surface area contributed by atoms with Crippen molar-refractivity contribution in [2.75, 3.05) is 13.4 Å². The van der Waals surface area contributed by atoms with E-state index in [-0.39, 0.29) is 44.5 Å². The fraction of sp³-hybridized carbons (Fsp3) is 0.346. The number of benzene rings is 3. The average Bonchev–Trinajstić information content (AvgIpc) is 3.54. The molecule has 0 amide bonds. The molecule has 3 aromatic carbocycles. The van der Waals surface area contributed by atoms with Crippen LogP contribution in [-0.2, 0) is 29.3 Å². The summed E-state index contributed by atoms with van der Waals surface area (Å²) in [5.74, 6) is 0.640. The van der Waals surface area contributed by atoms with Crippen LogP contribution in [0.3, 0.4) is 0 Å². The Morgan fingerprint density at radius 2 is 1.59 bits per heavy atom. The van der Waals surface area contributed by atoms with Gasteiger partial charge in [-0.05, 0) is 46.3 Å². The molecule has 0 bridgehead atoms. The van der Waals surface area contributed by atoms with Gasteiger partial charge in [0, 0.05) is 16.5 Å². The predicted molar refractivity (Wildman–Crippen MR) is 125 cm³/mol. The van der Waals surface area contributed by atoms with Crippen LogP contribution in [0.25, 0.3) is 21.9 Å². The molecule has 0 aliphatic carbocycles. The third-order valence-corrected chi connectivity index (χ3v) is 6.92. The second-order valence-electron chi connectivity index (χ2n) is 9.05. The molecule has 37 heavy (non-hydrogen) atoms. The van der Waals surface area contributed by atoms with Crippen LogP contribution in [0.1, 0.15) is 27.0 Å². The first-order valence-electron chi connectivity index (χ1n) is 11.7. The molecule has 4 atom stereocenters. The van der Waals surface area contributed by atoms with Crippen molar-refractivity contribution in [2.24, 2.45) is 0 Å². The van der Waals surface area contributed by atoms with E-state index >= 15 is 0 Å². The third-order valence-electron chi connectivity index (χ3n) is 6.92. The summed E-state index contributed by atoms with van der Waals surface area (Å²) in [4.78, 5) is 13.0. The first-order valence-corrected chi connectivity index (χ1v) is 11.7. The molecule has 0 radical (unpaired) electrons. The van der Waals surface area contributed by atoms with Crippen molar-refractivity contribution in [1.82, 2.24) is 0 Å². The quantitative estimate of drug-likeness (QED) is 0.306. The third kappa shape index (κ3) is 3.79. The van der Waals surface area contributed by atoms with E-state index in [2.05, 4.69) is 0 Å². The van der Waals surface area contributed by atoms with E-state index < -0.39 is 30.6 Å². The molecule has 11 heteroatoms. The van der Waals surface area contributed by atoms with Crippen molar-refractivity contribution < 1.29 is 54.0 Å². The van der Waals surface area contributed by atoms with Gasteiger partial charge in [0.15, 0.2) is 11.5 Å². The maximum absolute atomic E-state index is 13.0. The SMILES string of the molecule is O=C1OCc2c1c(-c1ccc3c(c1)OCO3)c1cc(CO)c(CO)cc1c2OC1OC[C@H](O)[C@H](O)[C@H]1O. The molecule has 3 heterocycles. The Hall–Kier alpha value is -3.45. The van der Waals surface area contributed by atoms with E-state index in [9.17, 15) is 30.3 Å². The summed E-state index contributed by atoms with van der Waals surface area (Å²) in [6.45, 7) is -1.06. The minimum Gasteiger partial charge on any atom is -0.461 e. The summed E-state index contributed by atoms with van der Waals surface area (Å²) in [5.41, 5.74) is 2.64. The van der Waals surface area contributed by atoms with Gasteiger partial charge >= 0.3 is 5.97 Å². The van der Waals surface area contributed by atoms with Gasteiger partial charge in [0.05, 0.1) is 25.4 Å². The Labute approximate surface area is 210 Å². The molecule has 0 spiro atoms. The van der Waals surface area contributed by atoms with E-state index in [1.165, 1.54) is 0 Å². The molecule has 6 rings (SSSR count). The second kappa shape index (κ2) is 9.14. The van der Waals surface area contributed by atoms with Crippen LogP contribution in [-0.4, -0.2) is 69.5 Å². The van der Waals surface area contributed by atoms with E-state index in [4.69, 9.17) is 23.7 Å². The minimum absolute atomic E-state index is 0.0746. The lowest BCUT2D eigenvalue weighted by atomic mass is 9.87. The molecular formula is C26H24O11. The molecule has 1 saturated heterocycles. The van der Waals surface area contributed by atoms with Crippen molar-refractivity contribution >= 4 is 16.7 Å². The lowest BCUT2D eigenvalue weighted by molar-refractivity contribution is -0.241. The number of cyclic esters (lactones) is 1. The van der Waals surface area contributed by atoms with Gasteiger partial charge in [0.2, 0.25) is 13.1 Å². The van der Waals surface area contributed by atoms with Crippen LogP contribution in [0, 0.1) is 0 Å². The first-order chi connectivity index (χ1) is 17.9. The highest BCUT2D eigenvalue weighted by molar-refractivity contribution is 6.13. The minimum atomic E-state index is -1.57. The zero-order chi connectivity index (χ0) is 25.8. The zero-order valence-corrected chi connectivity index (χ0v) is 19.4. The van der Waals surface area contributed by atoms with Gasteiger partial charge in [-0.1, -0.05) is 6.07 Å². The Bertz CT molecular complexity index is 1400. The Balaban J connectivity index is 1.61. The molecule has 3 aliphatic heterocycles. The van der Waals surface area contributed by atoms with Gasteiger partial charge < -0.3 is 49.2 Å². The fourth-order valence-electron chi connectivity index (χ4n) is 5.00. The lowest BCUT2D eigenvalue weighted by Crippen LogP contribution is -2.54. The molecule has 3 aromatic rings. The molecule has 194 valence electrons. The molecule has 11 nitrogen and oxygen atoms in total. The molecule has 1 fully saturated rings. The average molecular weight is 512 g/mol. The van der Waals surface area contributed by atoms with Crippen molar-refractivity contribution in [3.8, 4) is 28.4 Å². The number of aliphatic hydroxyl groups excluding tert-OH is 5. The second-order valence-corrected chi connectivity index (χ2v) is 9.05. The Morgan fingerprint density at radius 3 is 2.35 bits per heavy atom. The van der Waals surface area contributed by atoms with Crippen molar-refractivity contribution in [1.29, 1.82) is 0 Å². The molecule has 3 aliphatic rings. The number of esters is 1. The predicted octanol–water partition coefficient (Wildman–Crippen LogP) is 0.708. The first kappa shape index (κ1) is 23.9. The highest BCUT2D eigenvalue weighted by Crippen LogP contribution is 2.48. The van der Waals surface area contributed by atoms with Crippen LogP contribution in [0.2, 0.25) is 0 Å². The highest BCUT2D eigenvalue weighted by Gasteiger charge is 2.41. The summed E-state index contributed by atoms with van der Waals surface area (Å²) < 4.78 is 27.9. The van der Waals surface area contributed by atoms with Gasteiger partial charge in [-0.3, -0.25) is 0 Å². The van der Waals surface area contributed by atoms with Gasteiger partial charge in [0.25, 0.3) is 0 Å². The van der Waals surface area contributed by atoms with Crippen LogP contribution in [0.4, 0.5) is 0 Å². The molecule has 0 saturated carbocycles. The molecular weight excluding hydrogens is 488 g/mol. The number of carbonyl (C=O) groups is 1. The summed E-state index contributed by atoms with van der Waals surface area (Å²) in [6.07, 6.45) is -5.72. The zero-order valence-electron chi connectivity index (χ0n) is 19.4. The monoisotopic (exact) mass is 512 g/mol. The summed E-state index contributed by atoms with van der Waals surface area (Å²) >= 11 is 0. The van der Waals surface area contributed by atoms with Gasteiger partial charge in [-0.25, -0.2) is 4.79 Å². The number of fused-ring (bicyclic) bond motifs is 3. The number of aliphatic hydroxyl groups is 5. The summed E-state index contributed by atoms with van der Waals surface area (Å²) in [5, 5.41) is 51.4. The number of rotatable bonds is 5. The van der Waals surface area contributed by atoms with Crippen LogP contribution >= 0.6 is 0 Å². The maximum atomic E-state index is 13.0. The summed E-state index contributed by atoms with van der Waals surface area (Å²) in [6, 6.07) is 8.55. The maximum Gasteiger partial charge on any atom is 0.339 e. The lowest BCUT2D eigenvalue weighted by Gasteiger charge is -2.35. The Morgan fingerprint density at radius 1 is 0.865 bits per heavy atom. The largest absolute Gasteiger partial charge is 0.461 e. The van der Waals surface area contributed by atoms with Crippen LogP contribution in [0.15, 0.2) is 30.3 Å². The summed E-state index contributed by atoms with van der Waals surface area (Å²) in [7, 11) is 0. The van der Waals surface area contributed by atoms with Crippen molar-refractivity contribution in [2.45, 2.75) is 44.4 Å². The van der Waals surface area contributed by atoms with Gasteiger partial charge in [0.1, 0.15) is 30.7 Å². The smallest absolute Gasteiger partial charge is 0.339 e. The number of hydrogen-bond acceptors (Lipinski definition) is 11. The van der Waals surface area contributed by atoms with Crippen LogP contribution < -0.4 is 14.2 Å². The standard InChI is InChI=1S/C26H24O11/c27-6-12-3-14-15(4-13(12)7-28)24(37-26-23(31)22(30)17(29)9-34-26)16-8-33-25(32)21(16)20(14)11-1-2-18-19(5-11)36-10-35-18/h1-5,17,22-23,26-31H,6-10H2/t17-,22-,23+,26?/m0/s1. The van der Waals surface area contributed by atoms with E-state index in [0.29, 0.717) is 50.1 Å². The number of ether oxygens (including phenoxy) is 5. The topological polar surface area (TPSA) is 164 Å². The highest BCUT2D eigenvalue weighted by atomic mass is 16.7. The fourth-order valence-corrected chi connectivity index (χ4v) is 5.00. The van der Waals surface area contributed by atoms with E-state index in [1.807, 2.05) is 0 Å². The van der Waals surface area contributed by atoms with Crippen molar-refractivity contribution in [3.05, 3.63) is 52.6 Å². The Kier molecular flexibility index (Phi) is 5.91. The molecule has 0 aromatic heterocycles. The molecule has 5 N–H and O–H groups in total. The normalized spacial score (nSPS) is 24.3.